The number of aliphatic hydroxyl groups is 1. The number of β-amino-alcohol motifs (C(OH)–C–C–N with tert-alkyl or cyclic N) is 1. The number of benzene rings is 3. The maximum atomic E-state index is 12.6. The summed E-state index contributed by atoms with van der Waals surface area (Å²) in [5.41, 5.74) is 2.95. The van der Waals surface area contributed by atoms with Crippen molar-refractivity contribution in [2.24, 2.45) is 5.92 Å². The van der Waals surface area contributed by atoms with Crippen molar-refractivity contribution < 1.29 is 9.90 Å². The molecule has 1 fully saturated rings. The third kappa shape index (κ3) is 5.86. The van der Waals surface area contributed by atoms with E-state index >= 15 is 0 Å². The predicted molar refractivity (Wildman–Crippen MR) is 146 cm³/mol. The van der Waals surface area contributed by atoms with Gasteiger partial charge in [-0.25, -0.2) is 0 Å². The molecule has 0 aliphatic carbocycles. The first-order valence-electron chi connectivity index (χ1n) is 12.9. The van der Waals surface area contributed by atoms with Crippen LogP contribution in [0, 0.1) is 5.92 Å². The van der Waals surface area contributed by atoms with Gasteiger partial charge in [0, 0.05) is 25.2 Å². The molecule has 0 bridgehead atoms. The molecule has 1 aliphatic rings. The van der Waals surface area contributed by atoms with Crippen LogP contribution in [0.2, 0.25) is 0 Å². The zero-order valence-corrected chi connectivity index (χ0v) is 21.7. The molecule has 1 saturated heterocycles. The summed E-state index contributed by atoms with van der Waals surface area (Å²) in [6.07, 6.45) is 1.11. The van der Waals surface area contributed by atoms with Crippen LogP contribution in [0.5, 0.6) is 0 Å². The number of amides is 1. The minimum absolute atomic E-state index is 0.122. The first-order valence-corrected chi connectivity index (χ1v) is 12.9. The molecule has 0 radical (unpaired) electrons. The van der Waals surface area contributed by atoms with Gasteiger partial charge in [0.1, 0.15) is 0 Å². The van der Waals surface area contributed by atoms with Gasteiger partial charge in [0.2, 0.25) is 0 Å². The van der Waals surface area contributed by atoms with Crippen molar-refractivity contribution in [3.05, 3.63) is 108 Å². The molecule has 5 heteroatoms. The molecule has 190 valence electrons. The fourth-order valence-corrected chi connectivity index (χ4v) is 5.71. The Morgan fingerprint density at radius 1 is 0.972 bits per heavy atom. The molecule has 2 N–H and O–H groups in total. The van der Waals surface area contributed by atoms with Crippen LogP contribution >= 0.6 is 0 Å². The third-order valence-electron chi connectivity index (χ3n) is 7.50. The molecule has 36 heavy (non-hydrogen) atoms. The lowest BCUT2D eigenvalue weighted by Gasteiger charge is -2.44. The minimum Gasteiger partial charge on any atom is -0.390 e. The van der Waals surface area contributed by atoms with Crippen LogP contribution in [0.1, 0.15) is 41.3 Å². The lowest BCUT2D eigenvalue weighted by Crippen LogP contribution is -2.55. The number of aliphatic hydroxyl groups excluding tert-OH is 1. The number of carbonyl (C=O) groups excluding carboxylic acids is 1. The van der Waals surface area contributed by atoms with Crippen molar-refractivity contribution in [2.45, 2.75) is 37.5 Å². The van der Waals surface area contributed by atoms with E-state index in [1.165, 1.54) is 11.1 Å². The number of carbonyl (C=O) groups is 1. The second kappa shape index (κ2) is 11.8. The lowest BCUT2D eigenvalue weighted by molar-refractivity contribution is 0.0290. The predicted octanol–water partition coefficient (Wildman–Crippen LogP) is 4.38. The number of nitrogens with zero attached hydrogens (tertiary/aromatic N) is 2. The van der Waals surface area contributed by atoms with E-state index in [0.29, 0.717) is 18.0 Å². The Morgan fingerprint density at radius 2 is 1.50 bits per heavy atom. The van der Waals surface area contributed by atoms with Gasteiger partial charge in [0.05, 0.1) is 17.7 Å². The van der Waals surface area contributed by atoms with Crippen molar-refractivity contribution in [2.75, 3.05) is 33.7 Å². The average Bonchev–Trinajstić information content (AvgIpc) is 2.90. The standard InChI is InChI=1S/C31H39N3O2/c1-24(21-31(33(2)3,26-15-9-5-10-16-26)27-17-11-6-12-18-27)22-34-20-19-28(29(35)23-34)32-30(36)25-13-7-4-8-14-25/h4-18,24,28-29,35H,19-23H2,1-3H3,(H,32,36). The van der Waals surface area contributed by atoms with E-state index in [-0.39, 0.29) is 17.5 Å². The number of nitrogens with one attached hydrogen (secondary N) is 1. The van der Waals surface area contributed by atoms with Crippen molar-refractivity contribution in [1.29, 1.82) is 0 Å². The molecule has 1 amide bonds. The summed E-state index contributed by atoms with van der Waals surface area (Å²) >= 11 is 0. The largest absolute Gasteiger partial charge is 0.390 e. The summed E-state index contributed by atoms with van der Waals surface area (Å²) in [6, 6.07) is 30.5. The maximum Gasteiger partial charge on any atom is 0.251 e. The van der Waals surface area contributed by atoms with Crippen molar-refractivity contribution in [3.63, 3.8) is 0 Å². The van der Waals surface area contributed by atoms with E-state index in [9.17, 15) is 9.90 Å². The fourth-order valence-electron chi connectivity index (χ4n) is 5.71. The molecule has 0 spiro atoms. The normalized spacial score (nSPS) is 19.7. The smallest absolute Gasteiger partial charge is 0.251 e. The highest BCUT2D eigenvalue weighted by Crippen LogP contribution is 2.40. The topological polar surface area (TPSA) is 55.8 Å². The molecule has 1 aliphatic heterocycles. The van der Waals surface area contributed by atoms with Gasteiger partial charge in [0.15, 0.2) is 0 Å². The van der Waals surface area contributed by atoms with Gasteiger partial charge in [0.25, 0.3) is 5.91 Å². The molecule has 3 atom stereocenters. The number of hydrogen-bond acceptors (Lipinski definition) is 4. The highest BCUT2D eigenvalue weighted by atomic mass is 16.3. The van der Waals surface area contributed by atoms with Gasteiger partial charge >= 0.3 is 0 Å². The quantitative estimate of drug-likeness (QED) is 0.472. The summed E-state index contributed by atoms with van der Waals surface area (Å²) in [5.74, 6) is 0.262. The Hall–Kier alpha value is -2.99. The highest BCUT2D eigenvalue weighted by molar-refractivity contribution is 5.94. The Balaban J connectivity index is 1.43. The molecule has 3 aromatic rings. The number of rotatable bonds is 9. The van der Waals surface area contributed by atoms with E-state index in [1.54, 1.807) is 12.1 Å². The van der Waals surface area contributed by atoms with Crippen molar-refractivity contribution in [3.8, 4) is 0 Å². The molecule has 0 aromatic heterocycles. The van der Waals surface area contributed by atoms with Crippen LogP contribution < -0.4 is 5.32 Å². The maximum absolute atomic E-state index is 12.6. The number of hydrogen-bond donors (Lipinski definition) is 2. The second-order valence-electron chi connectivity index (χ2n) is 10.4. The van der Waals surface area contributed by atoms with Crippen LogP contribution in [0.4, 0.5) is 0 Å². The Morgan fingerprint density at radius 3 is 2.00 bits per heavy atom. The monoisotopic (exact) mass is 485 g/mol. The van der Waals surface area contributed by atoms with E-state index in [1.807, 2.05) is 18.2 Å². The number of piperidine rings is 1. The fraction of sp³-hybridized carbons (Fsp3) is 0.387. The SMILES string of the molecule is CC(CN1CCC(NC(=O)c2ccccc2)C(O)C1)CC(c1ccccc1)(c1ccccc1)N(C)C. The zero-order valence-electron chi connectivity index (χ0n) is 21.7. The lowest BCUT2D eigenvalue weighted by atomic mass is 9.75. The van der Waals surface area contributed by atoms with Crippen LogP contribution in [-0.4, -0.2) is 66.7 Å². The molecule has 1 heterocycles. The Labute approximate surface area is 215 Å². The van der Waals surface area contributed by atoms with Crippen LogP contribution in [0.15, 0.2) is 91.0 Å². The number of likely N-dealkylation sites (tertiary alicyclic amines) is 1. The first-order chi connectivity index (χ1) is 17.4. The molecule has 3 unspecified atom stereocenters. The highest BCUT2D eigenvalue weighted by Gasteiger charge is 2.39. The molecule has 0 saturated carbocycles. The zero-order chi connectivity index (χ0) is 25.5. The van der Waals surface area contributed by atoms with Crippen LogP contribution in [0.25, 0.3) is 0 Å². The third-order valence-corrected chi connectivity index (χ3v) is 7.50. The second-order valence-corrected chi connectivity index (χ2v) is 10.4. The van der Waals surface area contributed by atoms with Gasteiger partial charge in [-0.2, -0.15) is 0 Å². The summed E-state index contributed by atoms with van der Waals surface area (Å²) in [5, 5.41) is 13.9. The summed E-state index contributed by atoms with van der Waals surface area (Å²) in [4.78, 5) is 17.3. The minimum atomic E-state index is -0.583. The van der Waals surface area contributed by atoms with Crippen molar-refractivity contribution >= 4 is 5.91 Å². The van der Waals surface area contributed by atoms with Gasteiger partial charge in [-0.1, -0.05) is 85.8 Å². The Kier molecular flexibility index (Phi) is 8.57. The van der Waals surface area contributed by atoms with E-state index in [0.717, 1.165) is 25.9 Å². The summed E-state index contributed by atoms with van der Waals surface area (Å²) in [7, 11) is 4.33. The summed E-state index contributed by atoms with van der Waals surface area (Å²) < 4.78 is 0. The molecule has 3 aromatic carbocycles. The van der Waals surface area contributed by atoms with Crippen molar-refractivity contribution in [1.82, 2.24) is 15.1 Å². The molecule has 5 nitrogen and oxygen atoms in total. The molecular formula is C31H39N3O2. The first kappa shape index (κ1) is 26.1. The van der Waals surface area contributed by atoms with Gasteiger partial charge in [-0.15, -0.1) is 0 Å². The van der Waals surface area contributed by atoms with Gasteiger partial charge in [-0.05, 0) is 56.1 Å². The van der Waals surface area contributed by atoms with Gasteiger partial charge in [-0.3, -0.25) is 9.69 Å². The van der Waals surface area contributed by atoms with E-state index in [2.05, 4.69) is 96.8 Å². The van der Waals surface area contributed by atoms with Crippen LogP contribution in [-0.2, 0) is 5.54 Å². The summed E-state index contributed by atoms with van der Waals surface area (Å²) in [6.45, 7) is 4.62. The van der Waals surface area contributed by atoms with E-state index in [4.69, 9.17) is 0 Å². The Bertz CT molecular complexity index is 1050. The van der Waals surface area contributed by atoms with Crippen LogP contribution in [0.3, 0.4) is 0 Å². The van der Waals surface area contributed by atoms with Gasteiger partial charge < -0.3 is 15.3 Å². The average molecular weight is 486 g/mol. The van der Waals surface area contributed by atoms with E-state index < -0.39 is 6.10 Å². The molecular weight excluding hydrogens is 446 g/mol. The molecule has 4 rings (SSSR count).